The zero-order chi connectivity index (χ0) is 12.6. The van der Waals surface area contributed by atoms with Gasteiger partial charge >= 0.3 is 11.9 Å². The van der Waals surface area contributed by atoms with Crippen molar-refractivity contribution in [3.63, 3.8) is 0 Å². The second-order valence-electron chi connectivity index (χ2n) is 3.64. The molecule has 5 nitrogen and oxygen atoms in total. The predicted octanol–water partition coefficient (Wildman–Crippen LogP) is 0.321. The maximum atomic E-state index is 11.5. The Hall–Kier alpha value is -1.37. The van der Waals surface area contributed by atoms with Gasteiger partial charge in [-0.05, 0) is 11.6 Å². The summed E-state index contributed by atoms with van der Waals surface area (Å²) >= 11 is 3.86. The lowest BCUT2D eigenvalue weighted by molar-refractivity contribution is 0.0319. The van der Waals surface area contributed by atoms with Gasteiger partial charge in [-0.1, -0.05) is 12.1 Å². The fraction of sp³-hybridized carbons (Fsp3) is 0.273. The van der Waals surface area contributed by atoms with Crippen LogP contribution in [0.4, 0.5) is 0 Å². The molecule has 0 saturated carbocycles. The molecule has 90 valence electrons. The molecule has 1 aromatic carbocycles. The van der Waals surface area contributed by atoms with E-state index in [0.717, 1.165) is 0 Å². The summed E-state index contributed by atoms with van der Waals surface area (Å²) in [6, 6.07) is 4.42. The Kier molecular flexibility index (Phi) is 3.19. The average molecular weight is 254 g/mol. The third-order valence-electron chi connectivity index (χ3n) is 2.58. The van der Waals surface area contributed by atoms with Crippen LogP contribution in [0, 0.1) is 0 Å². The van der Waals surface area contributed by atoms with Crippen molar-refractivity contribution in [3.8, 4) is 0 Å². The summed E-state index contributed by atoms with van der Waals surface area (Å²) in [6.45, 7) is 0. The van der Waals surface area contributed by atoms with Crippen LogP contribution in [-0.2, 0) is 4.74 Å². The van der Waals surface area contributed by atoms with Crippen molar-refractivity contribution >= 4 is 24.6 Å². The number of cyclic esters (lactones) is 2. The van der Waals surface area contributed by atoms with Gasteiger partial charge in [0.2, 0.25) is 0 Å². The van der Waals surface area contributed by atoms with Crippen molar-refractivity contribution in [2.75, 3.05) is 5.75 Å². The highest BCUT2D eigenvalue weighted by Gasteiger charge is 2.34. The van der Waals surface area contributed by atoms with Crippen LogP contribution < -0.4 is 0 Å². The maximum absolute atomic E-state index is 11.5. The highest BCUT2D eigenvalue weighted by Crippen LogP contribution is 2.29. The first-order valence-corrected chi connectivity index (χ1v) is 5.56. The number of aliphatic hydroxyl groups is 2. The first-order valence-electron chi connectivity index (χ1n) is 4.92. The van der Waals surface area contributed by atoms with Crippen molar-refractivity contribution in [2.45, 2.75) is 12.2 Å². The van der Waals surface area contributed by atoms with Crippen molar-refractivity contribution in [1.82, 2.24) is 0 Å². The zero-order valence-corrected chi connectivity index (χ0v) is 9.55. The van der Waals surface area contributed by atoms with E-state index in [1.165, 1.54) is 18.2 Å². The lowest BCUT2D eigenvalue weighted by atomic mass is 9.96. The minimum absolute atomic E-state index is 0.0193. The molecule has 0 bridgehead atoms. The van der Waals surface area contributed by atoms with E-state index in [-0.39, 0.29) is 22.4 Å². The second kappa shape index (κ2) is 4.48. The fourth-order valence-corrected chi connectivity index (χ4v) is 1.91. The largest absolute Gasteiger partial charge is 0.389 e. The van der Waals surface area contributed by atoms with Crippen LogP contribution in [-0.4, -0.2) is 34.0 Å². The van der Waals surface area contributed by atoms with E-state index in [1.54, 1.807) is 0 Å². The number of thiol groups is 1. The normalized spacial score (nSPS) is 17.6. The van der Waals surface area contributed by atoms with Crippen LogP contribution >= 0.6 is 12.6 Å². The molecule has 2 atom stereocenters. The molecule has 0 aliphatic carbocycles. The van der Waals surface area contributed by atoms with Gasteiger partial charge in [0.25, 0.3) is 0 Å². The number of benzene rings is 1. The van der Waals surface area contributed by atoms with Crippen LogP contribution in [0.5, 0.6) is 0 Å². The molecule has 0 radical (unpaired) electrons. The number of carbonyl (C=O) groups is 2. The number of hydrogen-bond donors (Lipinski definition) is 3. The summed E-state index contributed by atoms with van der Waals surface area (Å²) in [6.07, 6.45) is -2.39. The van der Waals surface area contributed by atoms with Gasteiger partial charge in [0.1, 0.15) is 6.10 Å². The summed E-state index contributed by atoms with van der Waals surface area (Å²) in [4.78, 5) is 22.7. The molecule has 2 unspecified atom stereocenters. The number of hydrogen-bond acceptors (Lipinski definition) is 6. The van der Waals surface area contributed by atoms with Crippen LogP contribution in [0.25, 0.3) is 0 Å². The average Bonchev–Trinajstić information content (AvgIpc) is 2.63. The first-order chi connectivity index (χ1) is 8.06. The third-order valence-corrected chi connectivity index (χ3v) is 2.95. The summed E-state index contributed by atoms with van der Waals surface area (Å²) in [5.74, 6) is -1.50. The summed E-state index contributed by atoms with van der Waals surface area (Å²) < 4.78 is 4.45. The summed E-state index contributed by atoms with van der Waals surface area (Å²) in [7, 11) is 0. The molecule has 0 amide bonds. The highest BCUT2D eigenvalue weighted by molar-refractivity contribution is 7.80. The van der Waals surface area contributed by atoms with Gasteiger partial charge in [-0.25, -0.2) is 9.59 Å². The molecule has 0 saturated heterocycles. The van der Waals surface area contributed by atoms with Gasteiger partial charge in [0.15, 0.2) is 0 Å². The molecular weight excluding hydrogens is 244 g/mol. The lowest BCUT2D eigenvalue weighted by Crippen LogP contribution is -2.21. The van der Waals surface area contributed by atoms with E-state index in [4.69, 9.17) is 0 Å². The smallest absolute Gasteiger partial charge is 0.347 e. The highest BCUT2D eigenvalue weighted by atomic mass is 32.1. The van der Waals surface area contributed by atoms with Crippen LogP contribution in [0.15, 0.2) is 18.2 Å². The maximum Gasteiger partial charge on any atom is 0.347 e. The summed E-state index contributed by atoms with van der Waals surface area (Å²) in [5.41, 5.74) is 0.309. The molecule has 0 aromatic heterocycles. The van der Waals surface area contributed by atoms with Crippen LogP contribution in [0.3, 0.4) is 0 Å². The molecule has 6 heteroatoms. The molecule has 2 rings (SSSR count). The minimum atomic E-state index is -1.28. The molecule has 1 aliphatic rings. The number of esters is 2. The molecule has 2 N–H and O–H groups in total. The van der Waals surface area contributed by atoms with Crippen LogP contribution in [0.1, 0.15) is 32.4 Å². The Morgan fingerprint density at radius 2 is 1.94 bits per heavy atom. The van der Waals surface area contributed by atoms with Gasteiger partial charge in [-0.3, -0.25) is 0 Å². The third kappa shape index (κ3) is 1.95. The molecule has 0 spiro atoms. The van der Waals surface area contributed by atoms with E-state index < -0.39 is 24.1 Å². The Morgan fingerprint density at radius 3 is 2.59 bits per heavy atom. The Balaban J connectivity index is 2.50. The Labute approximate surface area is 102 Å². The number of ether oxygens (including phenoxy) is 1. The fourth-order valence-electron chi connectivity index (χ4n) is 1.71. The second-order valence-corrected chi connectivity index (χ2v) is 4.01. The van der Waals surface area contributed by atoms with E-state index in [9.17, 15) is 19.8 Å². The monoisotopic (exact) mass is 254 g/mol. The van der Waals surface area contributed by atoms with Gasteiger partial charge in [-0.15, -0.1) is 0 Å². The van der Waals surface area contributed by atoms with Crippen molar-refractivity contribution < 1.29 is 24.5 Å². The minimum Gasteiger partial charge on any atom is -0.389 e. The Morgan fingerprint density at radius 1 is 1.24 bits per heavy atom. The van der Waals surface area contributed by atoms with E-state index in [2.05, 4.69) is 17.4 Å². The van der Waals surface area contributed by atoms with Gasteiger partial charge < -0.3 is 14.9 Å². The molecule has 1 aromatic rings. The van der Waals surface area contributed by atoms with Crippen molar-refractivity contribution in [2.24, 2.45) is 0 Å². The first kappa shape index (κ1) is 12.1. The van der Waals surface area contributed by atoms with Crippen LogP contribution in [0.2, 0.25) is 0 Å². The quantitative estimate of drug-likeness (QED) is 0.411. The van der Waals surface area contributed by atoms with E-state index in [1.807, 2.05) is 0 Å². The number of fused-ring (bicyclic) bond motifs is 1. The Bertz CT molecular complexity index is 485. The van der Waals surface area contributed by atoms with Crippen molar-refractivity contribution in [3.05, 3.63) is 34.9 Å². The summed E-state index contributed by atoms with van der Waals surface area (Å²) in [5, 5.41) is 19.3. The van der Waals surface area contributed by atoms with E-state index >= 15 is 0 Å². The topological polar surface area (TPSA) is 83.8 Å². The van der Waals surface area contributed by atoms with Gasteiger partial charge in [0, 0.05) is 5.75 Å². The standard InChI is InChI=1S/C11H10O5S/c12-7(4-17)9(13)5-2-1-3-6-8(5)11(15)16-10(6)14/h1-3,7,9,12-13,17H,4H2. The number of carbonyl (C=O) groups excluding carboxylic acids is 2. The lowest BCUT2D eigenvalue weighted by Gasteiger charge is -2.17. The predicted molar refractivity (Wildman–Crippen MR) is 61.0 cm³/mol. The molecule has 1 aliphatic heterocycles. The van der Waals surface area contributed by atoms with Gasteiger partial charge in [-0.2, -0.15) is 12.6 Å². The molecule has 1 heterocycles. The number of aliphatic hydroxyl groups excluding tert-OH is 2. The van der Waals surface area contributed by atoms with E-state index in [0.29, 0.717) is 0 Å². The number of rotatable bonds is 3. The molecule has 0 fully saturated rings. The molecular formula is C11H10O5S. The zero-order valence-electron chi connectivity index (χ0n) is 8.66. The van der Waals surface area contributed by atoms with Crippen molar-refractivity contribution in [1.29, 1.82) is 0 Å². The SMILES string of the molecule is O=C1OC(=O)c2c1cccc2C(O)C(O)CS. The molecule has 17 heavy (non-hydrogen) atoms. The van der Waals surface area contributed by atoms with Gasteiger partial charge in [0.05, 0.1) is 17.2 Å².